The third-order valence-corrected chi connectivity index (χ3v) is 3.00. The lowest BCUT2D eigenvalue weighted by molar-refractivity contribution is -0.144. The minimum Gasteiger partial charge on any atom is -0.464 e. The van der Waals surface area contributed by atoms with Gasteiger partial charge in [0.25, 0.3) is 0 Å². The molecular weight excluding hydrogens is 252 g/mol. The van der Waals surface area contributed by atoms with E-state index in [1.54, 1.807) is 23.0 Å². The Morgan fingerprint density at radius 2 is 2.33 bits per heavy atom. The maximum Gasteiger partial charge on any atom is 0.326 e. The first kappa shape index (κ1) is 12.9. The summed E-state index contributed by atoms with van der Waals surface area (Å²) >= 11 is 6.04. The smallest absolute Gasteiger partial charge is 0.326 e. The van der Waals surface area contributed by atoms with E-state index in [4.69, 9.17) is 16.3 Å². The van der Waals surface area contributed by atoms with Gasteiger partial charge >= 0.3 is 5.97 Å². The predicted octanol–water partition coefficient (Wildman–Crippen LogP) is 3.03. The van der Waals surface area contributed by atoms with Crippen LogP contribution in [0.3, 0.4) is 0 Å². The monoisotopic (exact) mass is 266 g/mol. The second-order valence-corrected chi connectivity index (χ2v) is 4.45. The molecule has 2 aromatic rings. The Hall–Kier alpha value is -1.55. The zero-order chi connectivity index (χ0) is 13.0. The second-order valence-electron chi connectivity index (χ2n) is 4.05. The molecule has 2 heterocycles. The fourth-order valence-electron chi connectivity index (χ4n) is 1.70. The van der Waals surface area contributed by atoms with Crippen molar-refractivity contribution >= 4 is 28.6 Å². The number of halogens is 1. The van der Waals surface area contributed by atoms with Crippen LogP contribution in [0.2, 0.25) is 5.02 Å². The second kappa shape index (κ2) is 5.87. The number of pyridine rings is 1. The summed E-state index contributed by atoms with van der Waals surface area (Å²) in [6.07, 6.45) is 5.33. The summed E-state index contributed by atoms with van der Waals surface area (Å²) in [6.45, 7) is 2.70. The Morgan fingerprint density at radius 3 is 3.11 bits per heavy atom. The van der Waals surface area contributed by atoms with Crippen LogP contribution in [0.15, 0.2) is 24.5 Å². The van der Waals surface area contributed by atoms with Gasteiger partial charge in [-0.2, -0.15) is 0 Å². The maximum absolute atomic E-state index is 11.6. The van der Waals surface area contributed by atoms with Gasteiger partial charge in [-0.25, -0.2) is 4.98 Å². The Bertz CT molecular complexity index is 551. The molecule has 96 valence electrons. The summed E-state index contributed by atoms with van der Waals surface area (Å²) in [5.74, 6) is -0.247. The minimum absolute atomic E-state index is 0.167. The first-order valence-corrected chi connectivity index (χ1v) is 6.35. The number of rotatable bonds is 5. The van der Waals surface area contributed by atoms with Crippen LogP contribution in [0.5, 0.6) is 0 Å². The average Bonchev–Trinajstić information content (AvgIpc) is 2.74. The fourth-order valence-corrected chi connectivity index (χ4v) is 1.90. The summed E-state index contributed by atoms with van der Waals surface area (Å²) in [6, 6.07) is 3.58. The molecular formula is C13H15ClN2O2. The summed E-state index contributed by atoms with van der Waals surface area (Å²) in [5, 5.41) is 1.48. The van der Waals surface area contributed by atoms with Crippen LogP contribution in [0.4, 0.5) is 0 Å². The average molecular weight is 267 g/mol. The molecule has 2 rings (SSSR count). The van der Waals surface area contributed by atoms with E-state index in [1.165, 1.54) is 0 Å². The lowest BCUT2D eigenvalue weighted by Gasteiger charge is -2.05. The maximum atomic E-state index is 11.6. The molecule has 18 heavy (non-hydrogen) atoms. The number of aromatic nitrogens is 2. The largest absolute Gasteiger partial charge is 0.464 e. The number of nitrogens with zero attached hydrogens (tertiary/aromatic N) is 2. The molecule has 0 unspecified atom stereocenters. The first-order chi connectivity index (χ1) is 8.72. The summed E-state index contributed by atoms with van der Waals surface area (Å²) in [5.41, 5.74) is 0.704. The summed E-state index contributed by atoms with van der Waals surface area (Å²) < 4.78 is 6.86. The van der Waals surface area contributed by atoms with Gasteiger partial charge in [0.15, 0.2) is 0 Å². The van der Waals surface area contributed by atoms with Gasteiger partial charge in [0.05, 0.1) is 11.6 Å². The van der Waals surface area contributed by atoms with Crippen molar-refractivity contribution in [2.45, 2.75) is 26.3 Å². The van der Waals surface area contributed by atoms with E-state index in [9.17, 15) is 4.79 Å². The molecule has 0 saturated carbocycles. The highest BCUT2D eigenvalue weighted by Crippen LogP contribution is 2.22. The van der Waals surface area contributed by atoms with Gasteiger partial charge < -0.3 is 9.30 Å². The van der Waals surface area contributed by atoms with Gasteiger partial charge in [0.2, 0.25) is 0 Å². The Kier molecular flexibility index (Phi) is 4.20. The van der Waals surface area contributed by atoms with E-state index in [2.05, 4.69) is 11.9 Å². The van der Waals surface area contributed by atoms with Crippen molar-refractivity contribution in [1.82, 2.24) is 9.55 Å². The van der Waals surface area contributed by atoms with Crippen molar-refractivity contribution in [1.29, 1.82) is 0 Å². The van der Waals surface area contributed by atoms with E-state index in [1.807, 2.05) is 6.07 Å². The lowest BCUT2D eigenvalue weighted by Crippen LogP contribution is -2.13. The quantitative estimate of drug-likeness (QED) is 0.617. The molecule has 0 atom stereocenters. The molecule has 0 radical (unpaired) electrons. The van der Waals surface area contributed by atoms with Gasteiger partial charge in [-0.15, -0.1) is 0 Å². The summed E-state index contributed by atoms with van der Waals surface area (Å²) in [7, 11) is 0. The van der Waals surface area contributed by atoms with Gasteiger partial charge in [-0.3, -0.25) is 4.79 Å². The van der Waals surface area contributed by atoms with E-state index in [-0.39, 0.29) is 12.5 Å². The number of carbonyl (C=O) groups excluding carboxylic acids is 1. The van der Waals surface area contributed by atoms with E-state index in [0.29, 0.717) is 17.3 Å². The molecule has 0 fully saturated rings. The highest BCUT2D eigenvalue weighted by atomic mass is 35.5. The highest BCUT2D eigenvalue weighted by molar-refractivity contribution is 6.35. The molecule has 0 amide bonds. The van der Waals surface area contributed by atoms with Crippen LogP contribution in [-0.2, 0) is 16.1 Å². The van der Waals surface area contributed by atoms with Crippen LogP contribution >= 0.6 is 11.6 Å². The van der Waals surface area contributed by atoms with Crippen LogP contribution in [0.25, 0.3) is 11.0 Å². The van der Waals surface area contributed by atoms with Crippen molar-refractivity contribution in [3.05, 3.63) is 29.5 Å². The van der Waals surface area contributed by atoms with Gasteiger partial charge in [0.1, 0.15) is 12.2 Å². The minimum atomic E-state index is -0.247. The molecule has 5 heteroatoms. The van der Waals surface area contributed by atoms with Crippen molar-refractivity contribution in [2.75, 3.05) is 6.61 Å². The van der Waals surface area contributed by atoms with Crippen molar-refractivity contribution in [2.24, 2.45) is 0 Å². The zero-order valence-corrected chi connectivity index (χ0v) is 11.0. The molecule has 2 aromatic heterocycles. The SMILES string of the molecule is CCCCOC(=O)Cn1ccc2c(Cl)ccnc21. The zero-order valence-electron chi connectivity index (χ0n) is 10.2. The van der Waals surface area contributed by atoms with Crippen LogP contribution in [-0.4, -0.2) is 22.1 Å². The standard InChI is InChI=1S/C13H15ClN2O2/c1-2-3-8-18-12(17)9-16-7-5-10-11(14)4-6-15-13(10)16/h4-7H,2-3,8-9H2,1H3. The molecule has 0 spiro atoms. The number of esters is 1. The Morgan fingerprint density at radius 1 is 1.50 bits per heavy atom. The number of hydrogen-bond acceptors (Lipinski definition) is 3. The first-order valence-electron chi connectivity index (χ1n) is 5.97. The molecule has 0 bridgehead atoms. The van der Waals surface area contributed by atoms with Gasteiger partial charge in [-0.05, 0) is 18.6 Å². The third-order valence-electron chi connectivity index (χ3n) is 2.67. The molecule has 0 N–H and O–H groups in total. The molecule has 0 aliphatic heterocycles. The van der Waals surface area contributed by atoms with Crippen molar-refractivity contribution < 1.29 is 9.53 Å². The number of hydrogen-bond donors (Lipinski definition) is 0. The van der Waals surface area contributed by atoms with Crippen LogP contribution < -0.4 is 0 Å². The van der Waals surface area contributed by atoms with Crippen LogP contribution in [0, 0.1) is 0 Å². The molecule has 0 aliphatic carbocycles. The van der Waals surface area contributed by atoms with Gasteiger partial charge in [0, 0.05) is 17.8 Å². The molecule has 0 aliphatic rings. The highest BCUT2D eigenvalue weighted by Gasteiger charge is 2.09. The number of unbranched alkanes of at least 4 members (excludes halogenated alkanes) is 1. The molecule has 4 nitrogen and oxygen atoms in total. The van der Waals surface area contributed by atoms with Crippen molar-refractivity contribution in [3.8, 4) is 0 Å². The van der Waals surface area contributed by atoms with Crippen LogP contribution in [0.1, 0.15) is 19.8 Å². The topological polar surface area (TPSA) is 44.1 Å². The number of carbonyl (C=O) groups is 1. The van der Waals surface area contributed by atoms with Gasteiger partial charge in [-0.1, -0.05) is 24.9 Å². The predicted molar refractivity (Wildman–Crippen MR) is 70.6 cm³/mol. The third kappa shape index (κ3) is 2.82. The number of ether oxygens (including phenoxy) is 1. The normalized spacial score (nSPS) is 10.8. The summed E-state index contributed by atoms with van der Waals surface area (Å²) in [4.78, 5) is 15.8. The van der Waals surface area contributed by atoms with Crippen molar-refractivity contribution in [3.63, 3.8) is 0 Å². The van der Waals surface area contributed by atoms with E-state index >= 15 is 0 Å². The lowest BCUT2D eigenvalue weighted by atomic mass is 10.3. The fraction of sp³-hybridized carbons (Fsp3) is 0.385. The molecule has 0 aromatic carbocycles. The van der Waals surface area contributed by atoms with E-state index in [0.717, 1.165) is 18.2 Å². The number of fused-ring (bicyclic) bond motifs is 1. The molecule has 0 saturated heterocycles. The Labute approximate surface area is 111 Å². The Balaban J connectivity index is 2.08. The van der Waals surface area contributed by atoms with E-state index < -0.39 is 0 Å².